The van der Waals surface area contributed by atoms with E-state index >= 15 is 0 Å². The van der Waals surface area contributed by atoms with Gasteiger partial charge < -0.3 is 5.32 Å². The number of hydrogen-bond donors (Lipinski definition) is 1. The van der Waals surface area contributed by atoms with E-state index in [0.29, 0.717) is 19.4 Å². The van der Waals surface area contributed by atoms with E-state index in [9.17, 15) is 13.2 Å². The smallest absolute Gasteiger partial charge is 0.243 e. The molecule has 1 fully saturated rings. The average molecular weight is 368 g/mol. The lowest BCUT2D eigenvalue weighted by molar-refractivity contribution is -0.123. The van der Waals surface area contributed by atoms with Crippen molar-refractivity contribution < 1.29 is 13.2 Å². The second-order valence-electron chi connectivity index (χ2n) is 5.97. The third-order valence-electron chi connectivity index (χ3n) is 4.21. The van der Waals surface area contributed by atoms with Crippen LogP contribution in [0.1, 0.15) is 18.4 Å². The van der Waals surface area contributed by atoms with Gasteiger partial charge in [0.25, 0.3) is 0 Å². The second-order valence-corrected chi connectivity index (χ2v) is 7.86. The molecule has 0 spiro atoms. The van der Waals surface area contributed by atoms with Crippen molar-refractivity contribution in [2.75, 3.05) is 13.1 Å². The zero-order chi connectivity index (χ0) is 18.4. The van der Waals surface area contributed by atoms with E-state index in [1.165, 1.54) is 4.31 Å². The van der Waals surface area contributed by atoms with Gasteiger partial charge in [-0.3, -0.25) is 4.79 Å². The van der Waals surface area contributed by atoms with Crippen LogP contribution in [0.5, 0.6) is 0 Å². The van der Waals surface area contributed by atoms with Crippen molar-refractivity contribution in [2.24, 2.45) is 0 Å². The molecule has 1 amide bonds. The van der Waals surface area contributed by atoms with Gasteiger partial charge in [0.1, 0.15) is 6.04 Å². The number of sulfonamides is 1. The number of amides is 1. The van der Waals surface area contributed by atoms with Gasteiger partial charge in [0.2, 0.25) is 15.9 Å². The summed E-state index contributed by atoms with van der Waals surface area (Å²) in [4.78, 5) is 12.7. The molecule has 26 heavy (non-hydrogen) atoms. The van der Waals surface area contributed by atoms with Crippen molar-refractivity contribution in [2.45, 2.75) is 23.8 Å². The SMILES string of the molecule is O=C(NCC#Cc1ccccc1)C1CCCN1S(=O)(=O)c1ccccc1. The van der Waals surface area contributed by atoms with E-state index in [1.807, 2.05) is 30.3 Å². The van der Waals surface area contributed by atoms with Gasteiger partial charge in [-0.25, -0.2) is 8.42 Å². The van der Waals surface area contributed by atoms with Crippen molar-refractivity contribution in [3.8, 4) is 11.8 Å². The summed E-state index contributed by atoms with van der Waals surface area (Å²) in [5.41, 5.74) is 0.871. The van der Waals surface area contributed by atoms with E-state index in [2.05, 4.69) is 17.2 Å². The highest BCUT2D eigenvalue weighted by Gasteiger charge is 2.39. The first-order valence-electron chi connectivity index (χ1n) is 8.47. The molecule has 1 aliphatic rings. The standard InChI is InChI=1S/C20H20N2O3S/c23-20(21-15-7-11-17-9-3-1-4-10-17)19-14-8-16-22(19)26(24,25)18-12-5-2-6-13-18/h1-6,9-10,12-13,19H,8,14-16H2,(H,21,23). The van der Waals surface area contributed by atoms with E-state index in [4.69, 9.17) is 0 Å². The van der Waals surface area contributed by atoms with Crippen LogP contribution in [0.3, 0.4) is 0 Å². The molecule has 1 atom stereocenters. The first-order chi connectivity index (χ1) is 12.6. The summed E-state index contributed by atoms with van der Waals surface area (Å²) in [5.74, 6) is 5.55. The fourth-order valence-electron chi connectivity index (χ4n) is 2.93. The van der Waals surface area contributed by atoms with E-state index < -0.39 is 16.1 Å². The Labute approximate surface area is 154 Å². The van der Waals surface area contributed by atoms with Crippen molar-refractivity contribution >= 4 is 15.9 Å². The highest BCUT2D eigenvalue weighted by molar-refractivity contribution is 7.89. The van der Waals surface area contributed by atoms with E-state index in [1.54, 1.807) is 30.3 Å². The summed E-state index contributed by atoms with van der Waals surface area (Å²) >= 11 is 0. The lowest BCUT2D eigenvalue weighted by Gasteiger charge is -2.23. The minimum absolute atomic E-state index is 0.184. The molecule has 2 aromatic carbocycles. The number of nitrogens with zero attached hydrogens (tertiary/aromatic N) is 1. The van der Waals surface area contributed by atoms with Crippen LogP contribution in [-0.2, 0) is 14.8 Å². The highest BCUT2D eigenvalue weighted by atomic mass is 32.2. The molecular weight excluding hydrogens is 348 g/mol. The molecule has 1 aliphatic heterocycles. The summed E-state index contributed by atoms with van der Waals surface area (Å²) < 4.78 is 26.9. The minimum Gasteiger partial charge on any atom is -0.344 e. The van der Waals surface area contributed by atoms with Gasteiger partial charge in [-0.1, -0.05) is 48.2 Å². The highest BCUT2D eigenvalue weighted by Crippen LogP contribution is 2.25. The molecule has 0 aliphatic carbocycles. The Kier molecular flexibility index (Phi) is 5.71. The molecule has 0 aromatic heterocycles. The predicted molar refractivity (Wildman–Crippen MR) is 99.7 cm³/mol. The third-order valence-corrected chi connectivity index (χ3v) is 6.14. The fraction of sp³-hybridized carbons (Fsp3) is 0.250. The summed E-state index contributed by atoms with van der Waals surface area (Å²) in [6.45, 7) is 0.536. The molecule has 6 heteroatoms. The van der Waals surface area contributed by atoms with Gasteiger partial charge in [0.05, 0.1) is 11.4 Å². The average Bonchev–Trinajstić information content (AvgIpc) is 3.17. The molecule has 3 rings (SSSR count). The molecule has 1 saturated heterocycles. The van der Waals surface area contributed by atoms with E-state index in [-0.39, 0.29) is 17.3 Å². The summed E-state index contributed by atoms with van der Waals surface area (Å²) in [5, 5.41) is 2.73. The Morgan fingerprint density at radius 1 is 1.08 bits per heavy atom. The van der Waals surface area contributed by atoms with Crippen LogP contribution in [0.25, 0.3) is 0 Å². The monoisotopic (exact) mass is 368 g/mol. The van der Waals surface area contributed by atoms with Gasteiger partial charge in [0.15, 0.2) is 0 Å². The van der Waals surface area contributed by atoms with Crippen LogP contribution < -0.4 is 5.32 Å². The molecule has 1 N–H and O–H groups in total. The van der Waals surface area contributed by atoms with Crippen molar-refractivity contribution in [3.63, 3.8) is 0 Å². The van der Waals surface area contributed by atoms with Crippen LogP contribution in [0, 0.1) is 11.8 Å². The van der Waals surface area contributed by atoms with Crippen LogP contribution in [0.2, 0.25) is 0 Å². The van der Waals surface area contributed by atoms with Crippen molar-refractivity contribution in [1.29, 1.82) is 0 Å². The second kappa shape index (κ2) is 8.17. The number of hydrogen-bond acceptors (Lipinski definition) is 3. The van der Waals surface area contributed by atoms with Crippen molar-refractivity contribution in [1.82, 2.24) is 9.62 Å². The van der Waals surface area contributed by atoms with E-state index in [0.717, 1.165) is 5.56 Å². The molecule has 2 aromatic rings. The quantitative estimate of drug-likeness (QED) is 0.840. The summed E-state index contributed by atoms with van der Waals surface area (Å²) in [6, 6.07) is 17.0. The summed E-state index contributed by atoms with van der Waals surface area (Å²) in [6.07, 6.45) is 1.18. The maximum atomic E-state index is 12.8. The fourth-order valence-corrected chi connectivity index (χ4v) is 4.61. The zero-order valence-electron chi connectivity index (χ0n) is 14.3. The molecule has 5 nitrogen and oxygen atoms in total. The molecular formula is C20H20N2O3S. The Hall–Kier alpha value is -2.62. The molecule has 0 saturated carbocycles. The van der Waals surface area contributed by atoms with Gasteiger partial charge in [-0.15, -0.1) is 0 Å². The minimum atomic E-state index is -3.67. The number of carbonyl (C=O) groups is 1. The molecule has 0 bridgehead atoms. The number of benzene rings is 2. The van der Waals surface area contributed by atoms with Crippen LogP contribution in [0.4, 0.5) is 0 Å². The summed E-state index contributed by atoms with van der Waals surface area (Å²) in [7, 11) is -3.67. The van der Waals surface area contributed by atoms with Crippen LogP contribution in [-0.4, -0.2) is 37.8 Å². The van der Waals surface area contributed by atoms with Gasteiger partial charge in [-0.2, -0.15) is 4.31 Å². The Bertz CT molecular complexity index is 916. The number of carbonyl (C=O) groups excluding carboxylic acids is 1. The first kappa shape index (κ1) is 18.2. The van der Waals surface area contributed by atoms with Crippen LogP contribution >= 0.6 is 0 Å². The maximum Gasteiger partial charge on any atom is 0.243 e. The van der Waals surface area contributed by atoms with Crippen molar-refractivity contribution in [3.05, 3.63) is 66.2 Å². The topological polar surface area (TPSA) is 66.5 Å². The lowest BCUT2D eigenvalue weighted by Crippen LogP contribution is -2.45. The first-order valence-corrected chi connectivity index (χ1v) is 9.91. The van der Waals surface area contributed by atoms with Gasteiger partial charge >= 0.3 is 0 Å². The number of rotatable bonds is 4. The van der Waals surface area contributed by atoms with Gasteiger partial charge in [0, 0.05) is 12.1 Å². The predicted octanol–water partition coefficient (Wildman–Crippen LogP) is 2.01. The van der Waals surface area contributed by atoms with Gasteiger partial charge in [-0.05, 0) is 37.1 Å². The van der Waals surface area contributed by atoms with Crippen LogP contribution in [0.15, 0.2) is 65.6 Å². The lowest BCUT2D eigenvalue weighted by atomic mass is 10.2. The maximum absolute atomic E-state index is 12.8. The Balaban J connectivity index is 1.65. The molecule has 0 radical (unpaired) electrons. The Morgan fingerprint density at radius 2 is 1.73 bits per heavy atom. The largest absolute Gasteiger partial charge is 0.344 e. The number of nitrogens with one attached hydrogen (secondary N) is 1. The molecule has 1 unspecified atom stereocenters. The zero-order valence-corrected chi connectivity index (χ0v) is 15.1. The Morgan fingerprint density at radius 3 is 2.42 bits per heavy atom. The molecule has 134 valence electrons. The normalized spacial score (nSPS) is 17.3. The molecule has 1 heterocycles. The third kappa shape index (κ3) is 4.13.